The predicted octanol–water partition coefficient (Wildman–Crippen LogP) is 2.12. The molecular weight excluding hydrogens is 498 g/mol. The molecule has 2 aromatic rings. The molecule has 0 radical (unpaired) electrons. The topological polar surface area (TPSA) is 126 Å². The molecule has 2 aliphatic rings. The fraction of sp³-hybridized carbons (Fsp3) is 0.423. The third-order valence-corrected chi connectivity index (χ3v) is 6.96. The lowest BCUT2D eigenvalue weighted by molar-refractivity contribution is -0.148. The van der Waals surface area contributed by atoms with Crippen molar-refractivity contribution in [2.75, 3.05) is 39.0 Å². The highest BCUT2D eigenvalue weighted by Gasteiger charge is 2.50. The average molecular weight is 528 g/mol. The van der Waals surface area contributed by atoms with Gasteiger partial charge in [-0.25, -0.2) is 4.79 Å². The van der Waals surface area contributed by atoms with Crippen molar-refractivity contribution in [2.24, 2.45) is 0 Å². The van der Waals surface area contributed by atoms with Crippen LogP contribution in [-0.4, -0.2) is 80.8 Å². The van der Waals surface area contributed by atoms with E-state index in [0.29, 0.717) is 35.5 Å². The Bertz CT molecular complexity index is 1320. The molecule has 1 saturated heterocycles. The molecule has 2 aromatic carbocycles. The van der Waals surface area contributed by atoms with E-state index in [4.69, 9.17) is 13.7 Å². The highest BCUT2D eigenvalue weighted by atomic mass is 32.2. The fourth-order valence-electron chi connectivity index (χ4n) is 4.66. The van der Waals surface area contributed by atoms with Crippen molar-refractivity contribution >= 4 is 22.0 Å². The summed E-state index contributed by atoms with van der Waals surface area (Å²) in [4.78, 5) is 29.0. The summed E-state index contributed by atoms with van der Waals surface area (Å²) in [5.41, 5.74) is 0.248. The van der Waals surface area contributed by atoms with Crippen molar-refractivity contribution in [3.05, 3.63) is 65.2 Å². The molecule has 11 heteroatoms. The molecule has 1 amide bonds. The number of amides is 1. The molecular formula is C26H29N3O7S. The van der Waals surface area contributed by atoms with E-state index in [1.165, 1.54) is 0 Å². The quantitative estimate of drug-likeness (QED) is 0.393. The minimum absolute atomic E-state index is 0.0551. The van der Waals surface area contributed by atoms with Gasteiger partial charge in [0.15, 0.2) is 0 Å². The SMILES string of the molecule is CC1(C)Oc2ccc(C#N)cc2[C@@H](N2CCN(CCOC(=O)c3ccccc3)CC2=O)[C@@H]1OS(C)(=O)=O. The Morgan fingerprint density at radius 2 is 1.92 bits per heavy atom. The number of rotatable bonds is 7. The number of nitrogens with zero attached hydrogens (tertiary/aromatic N) is 3. The largest absolute Gasteiger partial charge is 0.485 e. The van der Waals surface area contributed by atoms with E-state index in [0.717, 1.165) is 6.26 Å². The van der Waals surface area contributed by atoms with Crippen molar-refractivity contribution in [3.63, 3.8) is 0 Å². The Kier molecular flexibility index (Phi) is 7.54. The van der Waals surface area contributed by atoms with Crippen LogP contribution in [0.15, 0.2) is 48.5 Å². The van der Waals surface area contributed by atoms with Crippen LogP contribution in [0.2, 0.25) is 0 Å². The summed E-state index contributed by atoms with van der Waals surface area (Å²) < 4.78 is 41.3. The number of hydrogen-bond acceptors (Lipinski definition) is 9. The first-order valence-electron chi connectivity index (χ1n) is 11.8. The highest BCUT2D eigenvalue weighted by molar-refractivity contribution is 7.86. The summed E-state index contributed by atoms with van der Waals surface area (Å²) in [6, 6.07) is 14.8. The summed E-state index contributed by atoms with van der Waals surface area (Å²) >= 11 is 0. The van der Waals surface area contributed by atoms with Gasteiger partial charge in [0.2, 0.25) is 5.91 Å². The van der Waals surface area contributed by atoms with Crippen LogP contribution in [0.4, 0.5) is 0 Å². The van der Waals surface area contributed by atoms with E-state index in [-0.39, 0.29) is 25.6 Å². The van der Waals surface area contributed by atoms with Crippen LogP contribution in [0.1, 0.15) is 41.4 Å². The molecule has 0 aromatic heterocycles. The number of benzene rings is 2. The molecule has 37 heavy (non-hydrogen) atoms. The summed E-state index contributed by atoms with van der Waals surface area (Å²) in [6.45, 7) is 4.73. The fourth-order valence-corrected chi connectivity index (χ4v) is 5.37. The van der Waals surface area contributed by atoms with Gasteiger partial charge in [0, 0.05) is 25.2 Å². The first-order chi connectivity index (χ1) is 17.5. The minimum Gasteiger partial charge on any atom is -0.485 e. The molecule has 2 heterocycles. The van der Waals surface area contributed by atoms with Gasteiger partial charge in [0.1, 0.15) is 24.1 Å². The van der Waals surface area contributed by atoms with Crippen LogP contribution < -0.4 is 4.74 Å². The second kappa shape index (κ2) is 10.5. The molecule has 0 bridgehead atoms. The molecule has 0 saturated carbocycles. The third-order valence-electron chi connectivity index (χ3n) is 6.40. The Labute approximate surface area is 216 Å². The number of hydrogen-bond donors (Lipinski definition) is 0. The molecule has 196 valence electrons. The number of piperazine rings is 1. The number of esters is 1. The number of carbonyl (C=O) groups excluding carboxylic acids is 2. The summed E-state index contributed by atoms with van der Waals surface area (Å²) in [5, 5.41) is 9.43. The monoisotopic (exact) mass is 527 g/mol. The Morgan fingerprint density at radius 1 is 1.19 bits per heavy atom. The minimum atomic E-state index is -3.90. The lowest BCUT2D eigenvalue weighted by atomic mass is 9.84. The number of ether oxygens (including phenoxy) is 2. The maximum absolute atomic E-state index is 13.4. The second-order valence-electron chi connectivity index (χ2n) is 9.60. The average Bonchev–Trinajstić information content (AvgIpc) is 2.84. The van der Waals surface area contributed by atoms with E-state index in [1.807, 2.05) is 11.0 Å². The van der Waals surface area contributed by atoms with E-state index in [9.17, 15) is 23.3 Å². The van der Waals surface area contributed by atoms with Gasteiger partial charge in [-0.15, -0.1) is 0 Å². The van der Waals surface area contributed by atoms with E-state index < -0.39 is 33.8 Å². The van der Waals surface area contributed by atoms with Gasteiger partial charge in [-0.1, -0.05) is 18.2 Å². The first-order valence-corrected chi connectivity index (χ1v) is 13.7. The smallest absolute Gasteiger partial charge is 0.338 e. The zero-order chi connectivity index (χ0) is 26.8. The lowest BCUT2D eigenvalue weighted by Crippen LogP contribution is -2.60. The molecule has 0 N–H and O–H groups in total. The standard InChI is InChI=1S/C26H29N3O7S/c1-26(2)24(36-37(3,32)33)23(20-15-18(16-27)9-10-21(20)35-26)29-12-11-28(17-22(29)30)13-14-34-25(31)19-7-5-4-6-8-19/h4-10,15,23-24H,11-14,17H2,1-3H3/t23-,24+/m1/s1. The highest BCUT2D eigenvalue weighted by Crippen LogP contribution is 2.45. The number of carbonyl (C=O) groups is 2. The Hall–Kier alpha value is -3.46. The van der Waals surface area contributed by atoms with Crippen LogP contribution in [0, 0.1) is 11.3 Å². The van der Waals surface area contributed by atoms with Crippen LogP contribution in [-0.2, 0) is 23.8 Å². The van der Waals surface area contributed by atoms with Crippen LogP contribution in [0.5, 0.6) is 5.75 Å². The van der Waals surface area contributed by atoms with E-state index >= 15 is 0 Å². The van der Waals surface area contributed by atoms with Gasteiger partial charge in [0.25, 0.3) is 10.1 Å². The molecule has 1 fully saturated rings. The van der Waals surface area contributed by atoms with Gasteiger partial charge in [-0.05, 0) is 44.2 Å². The van der Waals surface area contributed by atoms with Crippen molar-refractivity contribution in [2.45, 2.75) is 31.6 Å². The lowest BCUT2D eigenvalue weighted by Gasteiger charge is -2.49. The maximum Gasteiger partial charge on any atom is 0.338 e. The number of fused-ring (bicyclic) bond motifs is 1. The van der Waals surface area contributed by atoms with Crippen molar-refractivity contribution < 1.29 is 31.7 Å². The molecule has 4 rings (SSSR count). The predicted molar refractivity (Wildman–Crippen MR) is 133 cm³/mol. The first kappa shape index (κ1) is 26.6. The second-order valence-corrected chi connectivity index (χ2v) is 11.2. The zero-order valence-corrected chi connectivity index (χ0v) is 21.7. The van der Waals surface area contributed by atoms with Gasteiger partial charge < -0.3 is 14.4 Å². The van der Waals surface area contributed by atoms with E-state index in [1.54, 1.807) is 61.2 Å². The summed E-state index contributed by atoms with van der Waals surface area (Å²) in [6.07, 6.45) is -0.0797. The third kappa shape index (κ3) is 6.10. The Balaban J connectivity index is 1.51. The number of nitriles is 1. The molecule has 2 atom stereocenters. The molecule has 2 aliphatic heterocycles. The molecule has 0 aliphatic carbocycles. The molecule has 0 unspecified atom stereocenters. The van der Waals surface area contributed by atoms with Gasteiger partial charge >= 0.3 is 5.97 Å². The van der Waals surface area contributed by atoms with Crippen LogP contribution >= 0.6 is 0 Å². The summed E-state index contributed by atoms with van der Waals surface area (Å²) in [7, 11) is -3.90. The van der Waals surface area contributed by atoms with Crippen molar-refractivity contribution in [3.8, 4) is 11.8 Å². The normalized spacial score (nSPS) is 21.5. The van der Waals surface area contributed by atoms with Crippen molar-refractivity contribution in [1.82, 2.24) is 9.80 Å². The van der Waals surface area contributed by atoms with Crippen LogP contribution in [0.3, 0.4) is 0 Å². The molecule has 10 nitrogen and oxygen atoms in total. The van der Waals surface area contributed by atoms with Gasteiger partial charge in [0.05, 0.1) is 36.0 Å². The Morgan fingerprint density at radius 3 is 2.57 bits per heavy atom. The summed E-state index contributed by atoms with van der Waals surface area (Å²) in [5.74, 6) is -0.204. The zero-order valence-electron chi connectivity index (χ0n) is 20.9. The van der Waals surface area contributed by atoms with Gasteiger partial charge in [-0.3, -0.25) is 13.9 Å². The van der Waals surface area contributed by atoms with Crippen molar-refractivity contribution in [1.29, 1.82) is 5.26 Å². The maximum atomic E-state index is 13.4. The van der Waals surface area contributed by atoms with Crippen LogP contribution in [0.25, 0.3) is 0 Å². The molecule has 0 spiro atoms. The van der Waals surface area contributed by atoms with Gasteiger partial charge in [-0.2, -0.15) is 13.7 Å². The van der Waals surface area contributed by atoms with E-state index in [2.05, 4.69) is 6.07 Å².